The van der Waals surface area contributed by atoms with Crippen LogP contribution in [0.2, 0.25) is 0 Å². The lowest BCUT2D eigenvalue weighted by Crippen LogP contribution is -2.49. The van der Waals surface area contributed by atoms with Crippen LogP contribution in [0.15, 0.2) is 18.2 Å². The molecule has 1 saturated heterocycles. The van der Waals surface area contributed by atoms with Gasteiger partial charge in [-0.15, -0.1) is 0 Å². The zero-order valence-corrected chi connectivity index (χ0v) is 13.9. The molecular formula is C18H26FNO3. The Hall–Kier alpha value is -1.17. The number of hydrogen-bond donors (Lipinski definition) is 1. The Kier molecular flexibility index (Phi) is 5.19. The van der Waals surface area contributed by atoms with Crippen molar-refractivity contribution in [3.8, 4) is 5.75 Å². The molecule has 0 bridgehead atoms. The van der Waals surface area contributed by atoms with Crippen LogP contribution in [0.5, 0.6) is 5.75 Å². The first-order valence-electron chi connectivity index (χ1n) is 8.41. The molecule has 0 aromatic heterocycles. The average Bonchev–Trinajstić information content (AvgIpc) is 2.99. The molecule has 1 aliphatic carbocycles. The molecule has 1 N–H and O–H groups in total. The smallest absolute Gasteiger partial charge is 0.171 e. The summed E-state index contributed by atoms with van der Waals surface area (Å²) in [5.41, 5.74) is 2.33. The molecule has 23 heavy (non-hydrogen) atoms. The van der Waals surface area contributed by atoms with Gasteiger partial charge in [0.05, 0.1) is 20.3 Å². The second-order valence-corrected chi connectivity index (χ2v) is 6.48. The minimum atomic E-state index is -0.922. The number of benzene rings is 1. The van der Waals surface area contributed by atoms with E-state index in [1.54, 1.807) is 7.11 Å². The number of aryl methyl sites for hydroxylation is 1. The molecule has 2 atom stereocenters. The summed E-state index contributed by atoms with van der Waals surface area (Å²) in [5.74, 6) is 0.253. The second kappa shape index (κ2) is 7.16. The van der Waals surface area contributed by atoms with Crippen molar-refractivity contribution >= 4 is 0 Å². The Morgan fingerprint density at radius 2 is 2.13 bits per heavy atom. The van der Waals surface area contributed by atoms with E-state index < -0.39 is 12.0 Å². The van der Waals surface area contributed by atoms with E-state index in [1.807, 2.05) is 6.92 Å². The van der Waals surface area contributed by atoms with E-state index in [0.29, 0.717) is 19.6 Å². The molecule has 5 heteroatoms. The molecule has 1 aromatic carbocycles. The fraction of sp³-hybridized carbons (Fsp3) is 0.667. The normalized spacial score (nSPS) is 26.6. The van der Waals surface area contributed by atoms with Crippen molar-refractivity contribution in [3.63, 3.8) is 0 Å². The van der Waals surface area contributed by atoms with E-state index in [4.69, 9.17) is 14.2 Å². The summed E-state index contributed by atoms with van der Waals surface area (Å²) in [4.78, 5) is 0. The van der Waals surface area contributed by atoms with E-state index in [-0.39, 0.29) is 6.04 Å². The number of alkyl halides is 1. The van der Waals surface area contributed by atoms with Crippen LogP contribution in [-0.4, -0.2) is 44.9 Å². The lowest BCUT2D eigenvalue weighted by atomic mass is 9.88. The highest BCUT2D eigenvalue weighted by Crippen LogP contribution is 2.37. The number of methoxy groups -OCH3 is 1. The van der Waals surface area contributed by atoms with Crippen LogP contribution in [0.3, 0.4) is 0 Å². The fourth-order valence-electron chi connectivity index (χ4n) is 3.51. The fourth-order valence-corrected chi connectivity index (χ4v) is 3.51. The predicted octanol–water partition coefficient (Wildman–Crippen LogP) is 2.77. The molecule has 3 rings (SSSR count). The first-order valence-corrected chi connectivity index (χ1v) is 8.41. The van der Waals surface area contributed by atoms with E-state index in [2.05, 4.69) is 23.5 Å². The van der Waals surface area contributed by atoms with Crippen LogP contribution in [0.4, 0.5) is 4.39 Å². The zero-order chi connectivity index (χ0) is 16.3. The summed E-state index contributed by atoms with van der Waals surface area (Å²) in [7, 11) is 1.68. The molecule has 4 nitrogen and oxygen atoms in total. The van der Waals surface area contributed by atoms with Gasteiger partial charge < -0.3 is 19.5 Å². The molecule has 2 fully saturated rings. The van der Waals surface area contributed by atoms with Gasteiger partial charge in [-0.3, -0.25) is 0 Å². The molecule has 1 saturated carbocycles. The quantitative estimate of drug-likeness (QED) is 0.904. The Labute approximate surface area is 137 Å². The van der Waals surface area contributed by atoms with E-state index in [9.17, 15) is 4.39 Å². The largest absolute Gasteiger partial charge is 0.496 e. The number of rotatable bonds is 5. The van der Waals surface area contributed by atoms with Gasteiger partial charge in [0, 0.05) is 18.9 Å². The number of halogens is 1. The van der Waals surface area contributed by atoms with Crippen molar-refractivity contribution in [1.82, 2.24) is 5.32 Å². The molecule has 2 aliphatic rings. The van der Waals surface area contributed by atoms with Gasteiger partial charge >= 0.3 is 0 Å². The van der Waals surface area contributed by atoms with Crippen LogP contribution >= 0.6 is 0 Å². The standard InChI is InChI=1S/C18H26FNO3/c1-13-3-4-14(11-17(13)21-2)6-8-20-16-5-7-18(12-15(16)19)22-9-10-23-18/h3-4,11,15-16,20H,5-10,12H2,1-2H3. The lowest BCUT2D eigenvalue weighted by molar-refractivity contribution is -0.192. The Bertz CT molecular complexity index is 531. The minimum Gasteiger partial charge on any atom is -0.496 e. The van der Waals surface area contributed by atoms with Crippen molar-refractivity contribution in [3.05, 3.63) is 29.3 Å². The molecule has 1 aliphatic heterocycles. The molecule has 0 radical (unpaired) electrons. The first-order chi connectivity index (χ1) is 11.1. The third-order valence-corrected chi connectivity index (χ3v) is 4.89. The molecule has 1 spiro atoms. The SMILES string of the molecule is COc1cc(CCNC2CCC3(CC2F)OCCO3)ccc1C. The van der Waals surface area contributed by atoms with Crippen LogP contribution in [0.1, 0.15) is 30.4 Å². The minimum absolute atomic E-state index is 0.110. The van der Waals surface area contributed by atoms with Crippen molar-refractivity contribution in [2.45, 2.75) is 50.6 Å². The van der Waals surface area contributed by atoms with Crippen LogP contribution in [0, 0.1) is 6.92 Å². The Morgan fingerprint density at radius 3 is 2.83 bits per heavy atom. The van der Waals surface area contributed by atoms with Crippen molar-refractivity contribution in [2.75, 3.05) is 26.9 Å². The maximum Gasteiger partial charge on any atom is 0.171 e. The molecule has 0 amide bonds. The summed E-state index contributed by atoms with van der Waals surface area (Å²) < 4.78 is 31.0. The van der Waals surface area contributed by atoms with Gasteiger partial charge in [-0.25, -0.2) is 4.39 Å². The van der Waals surface area contributed by atoms with Crippen molar-refractivity contribution in [2.24, 2.45) is 0 Å². The summed E-state index contributed by atoms with van der Waals surface area (Å²) in [6.07, 6.45) is 1.79. The van der Waals surface area contributed by atoms with E-state index >= 15 is 0 Å². The molecule has 1 heterocycles. The molecule has 2 unspecified atom stereocenters. The second-order valence-electron chi connectivity index (χ2n) is 6.48. The Balaban J connectivity index is 1.47. The van der Waals surface area contributed by atoms with Crippen molar-refractivity contribution < 1.29 is 18.6 Å². The van der Waals surface area contributed by atoms with Gasteiger partial charge in [0.25, 0.3) is 0 Å². The molecular weight excluding hydrogens is 297 g/mol. The van der Waals surface area contributed by atoms with Gasteiger partial charge in [0.2, 0.25) is 0 Å². The monoisotopic (exact) mass is 323 g/mol. The summed E-state index contributed by atoms with van der Waals surface area (Å²) in [5, 5.41) is 3.35. The van der Waals surface area contributed by atoms with Gasteiger partial charge in [0.15, 0.2) is 5.79 Å². The van der Waals surface area contributed by atoms with Gasteiger partial charge in [-0.2, -0.15) is 0 Å². The van der Waals surface area contributed by atoms with Crippen LogP contribution in [-0.2, 0) is 15.9 Å². The average molecular weight is 323 g/mol. The van der Waals surface area contributed by atoms with Crippen LogP contribution < -0.4 is 10.1 Å². The predicted molar refractivity (Wildman–Crippen MR) is 86.6 cm³/mol. The van der Waals surface area contributed by atoms with Crippen molar-refractivity contribution in [1.29, 1.82) is 0 Å². The topological polar surface area (TPSA) is 39.7 Å². The Morgan fingerprint density at radius 1 is 1.35 bits per heavy atom. The summed E-state index contributed by atoms with van der Waals surface area (Å²) in [6.45, 7) is 3.95. The summed E-state index contributed by atoms with van der Waals surface area (Å²) in [6, 6.07) is 6.11. The highest BCUT2D eigenvalue weighted by molar-refractivity contribution is 5.36. The summed E-state index contributed by atoms with van der Waals surface area (Å²) >= 11 is 0. The number of nitrogens with one attached hydrogen (secondary N) is 1. The third-order valence-electron chi connectivity index (χ3n) is 4.89. The zero-order valence-electron chi connectivity index (χ0n) is 13.9. The van der Waals surface area contributed by atoms with Gasteiger partial charge in [-0.05, 0) is 43.5 Å². The maximum atomic E-state index is 14.4. The number of ether oxygens (including phenoxy) is 3. The highest BCUT2D eigenvalue weighted by Gasteiger charge is 2.45. The van der Waals surface area contributed by atoms with Gasteiger partial charge in [0.1, 0.15) is 11.9 Å². The van der Waals surface area contributed by atoms with Gasteiger partial charge in [-0.1, -0.05) is 12.1 Å². The molecule has 1 aromatic rings. The van der Waals surface area contributed by atoms with Crippen LogP contribution in [0.25, 0.3) is 0 Å². The lowest BCUT2D eigenvalue weighted by Gasteiger charge is -2.38. The first kappa shape index (κ1) is 16.7. The van der Waals surface area contributed by atoms with E-state index in [0.717, 1.165) is 37.1 Å². The van der Waals surface area contributed by atoms with E-state index in [1.165, 1.54) is 5.56 Å². The molecule has 128 valence electrons. The maximum absolute atomic E-state index is 14.4. The highest BCUT2D eigenvalue weighted by atomic mass is 19.1. The third kappa shape index (κ3) is 3.84. The number of hydrogen-bond acceptors (Lipinski definition) is 4.